The lowest BCUT2D eigenvalue weighted by atomic mass is 10.1. The van der Waals surface area contributed by atoms with E-state index in [0.29, 0.717) is 32.4 Å². The molecule has 0 spiro atoms. The number of hydrogen-bond donors (Lipinski definition) is 3. The van der Waals surface area contributed by atoms with Crippen LogP contribution >= 0.6 is 35.0 Å². The summed E-state index contributed by atoms with van der Waals surface area (Å²) >= 11 is 13.5. The van der Waals surface area contributed by atoms with Crippen molar-refractivity contribution < 1.29 is 18.8 Å². The molecule has 0 saturated carbocycles. The van der Waals surface area contributed by atoms with Gasteiger partial charge in [0.1, 0.15) is 16.8 Å². The number of amides is 3. The molecule has 3 N–H and O–H groups in total. The number of rotatable bonds is 10. The summed E-state index contributed by atoms with van der Waals surface area (Å²) in [6.07, 6.45) is 1.51. The standard InChI is InChI=1S/C36H26Cl2FN3O3S/c37-29-17-8-7-14-25(29)20-32(42-34(43)24-12-5-2-6-13-24)35(44)40-26-15-9-16-28(21-26)46-33(23-10-3-1-4-11-23)36(45)41-27-18-19-31(39)30(38)22-27/h1-22,33H,(H,40,44)(H,41,45)(H,42,43)/b32-20+. The van der Waals surface area contributed by atoms with Crippen molar-refractivity contribution in [2.45, 2.75) is 10.1 Å². The maximum absolute atomic E-state index is 13.7. The molecule has 3 amide bonds. The summed E-state index contributed by atoms with van der Waals surface area (Å²) in [6, 6.07) is 35.6. The molecule has 0 radical (unpaired) electrons. The van der Waals surface area contributed by atoms with Gasteiger partial charge in [0.2, 0.25) is 5.91 Å². The normalized spacial score (nSPS) is 11.8. The molecule has 1 unspecified atom stereocenters. The molecule has 230 valence electrons. The Labute approximate surface area is 279 Å². The molecular weight excluding hydrogens is 644 g/mol. The molecule has 0 heterocycles. The van der Waals surface area contributed by atoms with Crippen LogP contribution in [0.15, 0.2) is 138 Å². The summed E-state index contributed by atoms with van der Waals surface area (Å²) in [6.45, 7) is 0. The van der Waals surface area contributed by atoms with E-state index in [0.717, 1.165) is 5.56 Å². The zero-order valence-corrected chi connectivity index (χ0v) is 26.4. The van der Waals surface area contributed by atoms with E-state index in [9.17, 15) is 18.8 Å². The first-order chi connectivity index (χ1) is 22.3. The second-order valence-electron chi connectivity index (χ2n) is 9.91. The van der Waals surface area contributed by atoms with E-state index in [4.69, 9.17) is 23.2 Å². The van der Waals surface area contributed by atoms with Crippen LogP contribution in [0.3, 0.4) is 0 Å². The van der Waals surface area contributed by atoms with Crippen LogP contribution in [-0.2, 0) is 9.59 Å². The molecule has 5 rings (SSSR count). The predicted molar refractivity (Wildman–Crippen MR) is 183 cm³/mol. The molecule has 0 aliphatic heterocycles. The quantitative estimate of drug-likeness (QED) is 0.102. The third-order valence-electron chi connectivity index (χ3n) is 6.61. The minimum Gasteiger partial charge on any atom is -0.325 e. The molecule has 1 atom stereocenters. The van der Waals surface area contributed by atoms with Gasteiger partial charge in [-0.25, -0.2) is 4.39 Å². The molecule has 10 heteroatoms. The number of anilines is 2. The molecule has 46 heavy (non-hydrogen) atoms. The third-order valence-corrected chi connectivity index (χ3v) is 8.49. The Balaban J connectivity index is 1.38. The van der Waals surface area contributed by atoms with Gasteiger partial charge in [-0.2, -0.15) is 0 Å². The van der Waals surface area contributed by atoms with Crippen LogP contribution < -0.4 is 16.0 Å². The molecular formula is C36H26Cl2FN3O3S. The summed E-state index contributed by atoms with van der Waals surface area (Å²) in [5.41, 5.74) is 2.44. The molecule has 0 aromatic heterocycles. The second-order valence-corrected chi connectivity index (χ2v) is 11.9. The largest absolute Gasteiger partial charge is 0.325 e. The van der Waals surface area contributed by atoms with Gasteiger partial charge in [0.25, 0.3) is 11.8 Å². The van der Waals surface area contributed by atoms with Gasteiger partial charge in [-0.1, -0.05) is 96.0 Å². The number of thioether (sulfide) groups is 1. The second kappa shape index (κ2) is 15.4. The van der Waals surface area contributed by atoms with E-state index in [1.54, 1.807) is 72.8 Å². The molecule has 0 aliphatic rings. The number of hydrogen-bond acceptors (Lipinski definition) is 4. The highest BCUT2D eigenvalue weighted by Crippen LogP contribution is 2.37. The summed E-state index contributed by atoms with van der Waals surface area (Å²) < 4.78 is 13.7. The Hall–Kier alpha value is -4.89. The van der Waals surface area contributed by atoms with Crippen LogP contribution in [0.4, 0.5) is 15.8 Å². The van der Waals surface area contributed by atoms with Gasteiger partial charge in [0.15, 0.2) is 0 Å². The lowest BCUT2D eigenvalue weighted by Gasteiger charge is -2.18. The van der Waals surface area contributed by atoms with Crippen LogP contribution in [-0.4, -0.2) is 17.7 Å². The Kier molecular flexibility index (Phi) is 10.9. The number of nitrogens with one attached hydrogen (secondary N) is 3. The highest BCUT2D eigenvalue weighted by molar-refractivity contribution is 8.00. The molecule has 0 saturated heterocycles. The molecule has 0 bridgehead atoms. The van der Waals surface area contributed by atoms with Gasteiger partial charge in [0.05, 0.1) is 5.02 Å². The molecule has 5 aromatic carbocycles. The smallest absolute Gasteiger partial charge is 0.272 e. The zero-order chi connectivity index (χ0) is 32.5. The van der Waals surface area contributed by atoms with E-state index >= 15 is 0 Å². The fourth-order valence-electron chi connectivity index (χ4n) is 4.35. The van der Waals surface area contributed by atoms with Gasteiger partial charge < -0.3 is 16.0 Å². The maximum Gasteiger partial charge on any atom is 0.272 e. The maximum atomic E-state index is 13.7. The van der Waals surface area contributed by atoms with Crippen LogP contribution in [0.1, 0.15) is 26.7 Å². The first-order valence-electron chi connectivity index (χ1n) is 14.0. The number of carbonyl (C=O) groups is 3. The van der Waals surface area contributed by atoms with Crippen molar-refractivity contribution in [1.29, 1.82) is 0 Å². The zero-order valence-electron chi connectivity index (χ0n) is 24.0. The van der Waals surface area contributed by atoms with Crippen LogP contribution in [0, 0.1) is 5.82 Å². The van der Waals surface area contributed by atoms with Gasteiger partial charge in [-0.15, -0.1) is 11.8 Å². The van der Waals surface area contributed by atoms with Crippen molar-refractivity contribution in [1.82, 2.24) is 5.32 Å². The monoisotopic (exact) mass is 669 g/mol. The van der Waals surface area contributed by atoms with Gasteiger partial charge in [-0.3, -0.25) is 14.4 Å². The average Bonchev–Trinajstić information content (AvgIpc) is 3.07. The van der Waals surface area contributed by atoms with E-state index < -0.39 is 22.9 Å². The average molecular weight is 671 g/mol. The highest BCUT2D eigenvalue weighted by Gasteiger charge is 2.23. The van der Waals surface area contributed by atoms with E-state index in [-0.39, 0.29) is 16.6 Å². The van der Waals surface area contributed by atoms with Crippen LogP contribution in [0.25, 0.3) is 6.08 Å². The van der Waals surface area contributed by atoms with Crippen LogP contribution in [0.2, 0.25) is 10.0 Å². The lowest BCUT2D eigenvalue weighted by Crippen LogP contribution is -2.30. The van der Waals surface area contributed by atoms with E-state index in [1.807, 2.05) is 36.4 Å². The minimum absolute atomic E-state index is 0.0143. The Morgan fingerprint density at radius 2 is 1.37 bits per heavy atom. The van der Waals surface area contributed by atoms with Crippen molar-refractivity contribution in [2.24, 2.45) is 0 Å². The minimum atomic E-state index is -0.697. The predicted octanol–water partition coefficient (Wildman–Crippen LogP) is 9.01. The lowest BCUT2D eigenvalue weighted by molar-refractivity contribution is -0.116. The van der Waals surface area contributed by atoms with Gasteiger partial charge >= 0.3 is 0 Å². The summed E-state index contributed by atoms with van der Waals surface area (Å²) in [4.78, 5) is 40.7. The van der Waals surface area contributed by atoms with E-state index in [2.05, 4.69) is 16.0 Å². The SMILES string of the molecule is O=C(Nc1cccc(SC(C(=O)Nc2ccc(F)c(Cl)c2)c2ccccc2)c1)/C(=C\c1ccccc1Cl)NC(=O)c1ccccc1. The topological polar surface area (TPSA) is 87.3 Å². The van der Waals surface area contributed by atoms with Gasteiger partial charge in [-0.05, 0) is 71.8 Å². The Morgan fingerprint density at radius 1 is 0.696 bits per heavy atom. The van der Waals surface area contributed by atoms with Crippen LogP contribution in [0.5, 0.6) is 0 Å². The summed E-state index contributed by atoms with van der Waals surface area (Å²) in [7, 11) is 0. The molecule has 5 aromatic rings. The molecule has 0 aliphatic carbocycles. The first-order valence-corrected chi connectivity index (χ1v) is 15.6. The summed E-state index contributed by atoms with van der Waals surface area (Å²) in [5.74, 6) is -1.96. The summed E-state index contributed by atoms with van der Waals surface area (Å²) in [5, 5.41) is 7.97. The van der Waals surface area contributed by atoms with Gasteiger partial charge in [0, 0.05) is 26.9 Å². The fraction of sp³-hybridized carbons (Fsp3) is 0.0278. The Bertz CT molecular complexity index is 1910. The van der Waals surface area contributed by atoms with E-state index in [1.165, 1.54) is 36.0 Å². The highest BCUT2D eigenvalue weighted by atomic mass is 35.5. The van der Waals surface area contributed by atoms with Crippen molar-refractivity contribution in [2.75, 3.05) is 10.6 Å². The fourth-order valence-corrected chi connectivity index (χ4v) is 5.81. The third kappa shape index (κ3) is 8.63. The van der Waals surface area contributed by atoms with Crippen molar-refractivity contribution in [3.05, 3.63) is 166 Å². The molecule has 6 nitrogen and oxygen atoms in total. The van der Waals surface area contributed by atoms with Crippen molar-refractivity contribution in [3.8, 4) is 0 Å². The van der Waals surface area contributed by atoms with Crippen molar-refractivity contribution in [3.63, 3.8) is 0 Å². The number of benzene rings is 5. The molecule has 0 fully saturated rings. The Morgan fingerprint density at radius 3 is 2.09 bits per heavy atom. The number of carbonyl (C=O) groups excluding carboxylic acids is 3. The van der Waals surface area contributed by atoms with Crippen molar-refractivity contribution >= 4 is 70.1 Å². The first kappa shape index (κ1) is 32.5. The number of halogens is 3.